The van der Waals surface area contributed by atoms with Gasteiger partial charge >= 0.3 is 0 Å². The largest absolute Gasteiger partial charge is 0.493 e. The van der Waals surface area contributed by atoms with Crippen LogP contribution in [-0.4, -0.2) is 47.5 Å². The summed E-state index contributed by atoms with van der Waals surface area (Å²) < 4.78 is 7.22. The minimum atomic E-state index is -1.12. The molecule has 2 aromatic rings. The molecular weight excluding hydrogens is 286 g/mol. The highest BCUT2D eigenvalue weighted by molar-refractivity contribution is 7.12. The molecule has 2 aromatic heterocycles. The molecule has 0 saturated heterocycles. The average Bonchev–Trinajstić information content (AvgIpc) is 3.02. The fourth-order valence-electron chi connectivity index (χ4n) is 2.29. The standard InChI is InChI=1S/C15H23N3O2S/c1-11-6-7-13(21-11)15(2,19)14-12(20-5)10-16-18(14)9-8-17(3)4/h6-7,10,19H,8-9H2,1-5H3. The zero-order valence-corrected chi connectivity index (χ0v) is 14.1. The van der Waals surface area contributed by atoms with Gasteiger partial charge in [-0.1, -0.05) is 0 Å². The van der Waals surface area contributed by atoms with Crippen molar-refractivity contribution in [1.29, 1.82) is 0 Å². The van der Waals surface area contributed by atoms with Crippen LogP contribution in [-0.2, 0) is 12.1 Å². The maximum absolute atomic E-state index is 11.1. The van der Waals surface area contributed by atoms with Crippen molar-refractivity contribution in [3.63, 3.8) is 0 Å². The smallest absolute Gasteiger partial charge is 0.163 e. The zero-order valence-electron chi connectivity index (χ0n) is 13.3. The van der Waals surface area contributed by atoms with E-state index in [-0.39, 0.29) is 0 Å². The van der Waals surface area contributed by atoms with Gasteiger partial charge in [0.2, 0.25) is 0 Å². The molecule has 0 aliphatic carbocycles. The van der Waals surface area contributed by atoms with E-state index >= 15 is 0 Å². The van der Waals surface area contributed by atoms with Crippen molar-refractivity contribution in [2.45, 2.75) is 26.0 Å². The molecule has 2 heterocycles. The van der Waals surface area contributed by atoms with Crippen molar-refractivity contribution >= 4 is 11.3 Å². The van der Waals surface area contributed by atoms with Gasteiger partial charge in [0, 0.05) is 16.3 Å². The minimum absolute atomic E-state index is 0.616. The number of methoxy groups -OCH3 is 1. The molecule has 0 aliphatic heterocycles. The third-order valence-corrected chi connectivity index (χ3v) is 4.68. The van der Waals surface area contributed by atoms with Gasteiger partial charge in [-0.3, -0.25) is 4.68 Å². The first kappa shape index (κ1) is 16.0. The Kier molecular flexibility index (Phi) is 4.70. The highest BCUT2D eigenvalue weighted by atomic mass is 32.1. The van der Waals surface area contributed by atoms with Gasteiger partial charge < -0.3 is 14.7 Å². The average molecular weight is 309 g/mol. The number of aromatic nitrogens is 2. The Morgan fingerprint density at radius 2 is 2.14 bits per heavy atom. The zero-order chi connectivity index (χ0) is 15.6. The summed E-state index contributed by atoms with van der Waals surface area (Å²) in [5.41, 5.74) is -0.415. The first-order valence-corrected chi connectivity index (χ1v) is 7.72. The molecule has 21 heavy (non-hydrogen) atoms. The maximum atomic E-state index is 11.1. The van der Waals surface area contributed by atoms with Gasteiger partial charge in [0.15, 0.2) is 5.75 Å². The third-order valence-electron chi connectivity index (χ3n) is 3.47. The number of nitrogens with zero attached hydrogens (tertiary/aromatic N) is 3. The van der Waals surface area contributed by atoms with Crippen LogP contribution in [0.15, 0.2) is 18.3 Å². The van der Waals surface area contributed by atoms with Crippen LogP contribution in [0.3, 0.4) is 0 Å². The van der Waals surface area contributed by atoms with Crippen LogP contribution in [0.4, 0.5) is 0 Å². The van der Waals surface area contributed by atoms with Crippen molar-refractivity contribution in [2.75, 3.05) is 27.7 Å². The number of aliphatic hydroxyl groups is 1. The van der Waals surface area contributed by atoms with Crippen LogP contribution in [0.2, 0.25) is 0 Å². The van der Waals surface area contributed by atoms with Crippen LogP contribution in [0.1, 0.15) is 22.4 Å². The molecule has 0 radical (unpaired) electrons. The molecule has 1 unspecified atom stereocenters. The van der Waals surface area contributed by atoms with E-state index in [1.165, 1.54) is 4.88 Å². The molecule has 0 amide bonds. The number of hydrogen-bond acceptors (Lipinski definition) is 5. The van der Waals surface area contributed by atoms with Crippen LogP contribution in [0.25, 0.3) is 0 Å². The van der Waals surface area contributed by atoms with Gasteiger partial charge in [0.05, 0.1) is 19.9 Å². The summed E-state index contributed by atoms with van der Waals surface area (Å²) in [4.78, 5) is 4.15. The lowest BCUT2D eigenvalue weighted by molar-refractivity contribution is 0.0914. The molecule has 0 fully saturated rings. The second kappa shape index (κ2) is 6.17. The van der Waals surface area contributed by atoms with E-state index in [0.29, 0.717) is 18.0 Å². The molecule has 5 nitrogen and oxygen atoms in total. The second-order valence-corrected chi connectivity index (χ2v) is 6.86. The molecule has 0 aromatic carbocycles. The van der Waals surface area contributed by atoms with E-state index in [4.69, 9.17) is 4.74 Å². The Balaban J connectivity index is 2.42. The number of rotatable bonds is 6. The fourth-order valence-corrected chi connectivity index (χ4v) is 3.20. The summed E-state index contributed by atoms with van der Waals surface area (Å²) in [6.07, 6.45) is 1.67. The normalized spacial score (nSPS) is 14.4. The Labute approximate surface area is 129 Å². The predicted octanol–water partition coefficient (Wildman–Crippen LogP) is 2.08. The minimum Gasteiger partial charge on any atom is -0.493 e. The van der Waals surface area contributed by atoms with Crippen molar-refractivity contribution in [3.8, 4) is 5.75 Å². The molecule has 0 saturated carbocycles. The molecule has 2 rings (SSSR count). The van der Waals surface area contributed by atoms with E-state index in [0.717, 1.165) is 11.4 Å². The van der Waals surface area contributed by atoms with E-state index in [9.17, 15) is 5.11 Å². The van der Waals surface area contributed by atoms with Gasteiger partial charge in [-0.15, -0.1) is 11.3 Å². The number of aryl methyl sites for hydroxylation is 1. The molecule has 0 bridgehead atoms. The van der Waals surface area contributed by atoms with Crippen LogP contribution in [0.5, 0.6) is 5.75 Å². The maximum Gasteiger partial charge on any atom is 0.163 e. The van der Waals surface area contributed by atoms with Crippen molar-refractivity contribution in [2.24, 2.45) is 0 Å². The summed E-state index contributed by atoms with van der Waals surface area (Å²) in [6.45, 7) is 5.37. The predicted molar refractivity (Wildman–Crippen MR) is 85.1 cm³/mol. The number of thiophene rings is 1. The molecule has 0 aliphatic rings. The SMILES string of the molecule is COc1cnn(CCN(C)C)c1C(C)(O)c1ccc(C)s1. The highest BCUT2D eigenvalue weighted by Gasteiger charge is 2.34. The summed E-state index contributed by atoms with van der Waals surface area (Å²) in [5, 5.41) is 15.4. The number of ether oxygens (including phenoxy) is 1. The van der Waals surface area contributed by atoms with Crippen LogP contribution >= 0.6 is 11.3 Å². The van der Waals surface area contributed by atoms with Crippen molar-refractivity contribution < 1.29 is 9.84 Å². The Bertz CT molecular complexity index is 602. The lowest BCUT2D eigenvalue weighted by Gasteiger charge is -2.25. The second-order valence-electron chi connectivity index (χ2n) is 5.57. The topological polar surface area (TPSA) is 50.5 Å². The molecule has 0 spiro atoms. The molecule has 116 valence electrons. The highest BCUT2D eigenvalue weighted by Crippen LogP contribution is 2.38. The monoisotopic (exact) mass is 309 g/mol. The van der Waals surface area contributed by atoms with E-state index in [1.807, 2.05) is 37.8 Å². The lowest BCUT2D eigenvalue weighted by atomic mass is 9.99. The number of hydrogen-bond donors (Lipinski definition) is 1. The number of likely N-dealkylation sites (N-methyl/N-ethyl adjacent to an activating group) is 1. The summed E-state index contributed by atoms with van der Waals surface area (Å²) in [6, 6.07) is 3.98. The first-order valence-electron chi connectivity index (χ1n) is 6.90. The van der Waals surface area contributed by atoms with Crippen LogP contribution in [0, 0.1) is 6.92 Å². The molecular formula is C15H23N3O2S. The van der Waals surface area contributed by atoms with E-state index in [1.54, 1.807) is 31.6 Å². The fraction of sp³-hybridized carbons (Fsp3) is 0.533. The molecule has 1 N–H and O–H groups in total. The third kappa shape index (κ3) is 3.28. The summed E-state index contributed by atoms with van der Waals surface area (Å²) >= 11 is 1.59. The lowest BCUT2D eigenvalue weighted by Crippen LogP contribution is -2.29. The van der Waals surface area contributed by atoms with Crippen LogP contribution < -0.4 is 4.74 Å². The molecule has 1 atom stereocenters. The van der Waals surface area contributed by atoms with Gasteiger partial charge in [-0.25, -0.2) is 0 Å². The van der Waals surface area contributed by atoms with E-state index < -0.39 is 5.60 Å². The van der Waals surface area contributed by atoms with Crippen molar-refractivity contribution in [1.82, 2.24) is 14.7 Å². The summed E-state index contributed by atoms with van der Waals surface area (Å²) in [7, 11) is 5.63. The van der Waals surface area contributed by atoms with Gasteiger partial charge in [-0.05, 0) is 40.1 Å². The quantitative estimate of drug-likeness (QED) is 0.887. The summed E-state index contributed by atoms with van der Waals surface area (Å²) in [5.74, 6) is 0.616. The van der Waals surface area contributed by atoms with Gasteiger partial charge in [0.1, 0.15) is 11.3 Å². The van der Waals surface area contributed by atoms with Gasteiger partial charge in [-0.2, -0.15) is 5.10 Å². The first-order chi connectivity index (χ1) is 9.86. The Morgan fingerprint density at radius 1 is 1.43 bits per heavy atom. The molecule has 6 heteroatoms. The van der Waals surface area contributed by atoms with Gasteiger partial charge in [0.25, 0.3) is 0 Å². The van der Waals surface area contributed by atoms with Crippen molar-refractivity contribution in [3.05, 3.63) is 33.8 Å². The Morgan fingerprint density at radius 3 is 2.67 bits per heavy atom. The van der Waals surface area contributed by atoms with E-state index in [2.05, 4.69) is 10.00 Å². The Hall–Kier alpha value is -1.37.